The van der Waals surface area contributed by atoms with Crippen molar-refractivity contribution in [3.63, 3.8) is 0 Å². The molecule has 0 aromatic heterocycles. The Morgan fingerprint density at radius 1 is 1.17 bits per heavy atom. The van der Waals surface area contributed by atoms with Crippen LogP contribution in [0.4, 0.5) is 5.69 Å². The van der Waals surface area contributed by atoms with Crippen molar-refractivity contribution in [2.24, 2.45) is 5.10 Å². The third-order valence-electron chi connectivity index (χ3n) is 3.77. The second kappa shape index (κ2) is 6.32. The number of hydrogen-bond acceptors (Lipinski definition) is 5. The summed E-state index contributed by atoms with van der Waals surface area (Å²) in [5.41, 5.74) is 1.73. The van der Waals surface area contributed by atoms with E-state index < -0.39 is 0 Å². The third kappa shape index (κ3) is 2.92. The quantitative estimate of drug-likeness (QED) is 0.874. The van der Waals surface area contributed by atoms with Crippen LogP contribution in [0.2, 0.25) is 0 Å². The molecule has 0 N–H and O–H groups in total. The highest BCUT2D eigenvalue weighted by Gasteiger charge is 2.31. The molecule has 0 saturated heterocycles. The van der Waals surface area contributed by atoms with Gasteiger partial charge in [-0.3, -0.25) is 9.80 Å². The number of Topliss-reactive ketones (excluding diaryl/α,β-unsaturated/α-hetero) is 1. The Balaban J connectivity index is 2.05. The van der Waals surface area contributed by atoms with Gasteiger partial charge in [-0.05, 0) is 29.8 Å². The van der Waals surface area contributed by atoms with Crippen LogP contribution in [-0.2, 0) is 4.79 Å². The molecule has 1 aliphatic heterocycles. The molecule has 5 nitrogen and oxygen atoms in total. The molecule has 0 aliphatic carbocycles. The van der Waals surface area contributed by atoms with Gasteiger partial charge in [-0.1, -0.05) is 30.3 Å². The van der Waals surface area contributed by atoms with E-state index >= 15 is 0 Å². The summed E-state index contributed by atoms with van der Waals surface area (Å²) in [6.45, 7) is 0. The van der Waals surface area contributed by atoms with Crippen LogP contribution in [0.3, 0.4) is 0 Å². The summed E-state index contributed by atoms with van der Waals surface area (Å²) in [7, 11) is 1.60. The zero-order valence-corrected chi connectivity index (χ0v) is 12.6. The van der Waals surface area contributed by atoms with Crippen molar-refractivity contribution in [3.8, 4) is 11.8 Å². The first-order chi connectivity index (χ1) is 11.2. The van der Waals surface area contributed by atoms with Gasteiger partial charge in [0.25, 0.3) is 0 Å². The maximum absolute atomic E-state index is 12.1. The predicted molar refractivity (Wildman–Crippen MR) is 87.3 cm³/mol. The molecule has 5 heteroatoms. The van der Waals surface area contributed by atoms with Crippen LogP contribution >= 0.6 is 0 Å². The first-order valence-corrected chi connectivity index (χ1v) is 7.23. The molecule has 114 valence electrons. The van der Waals surface area contributed by atoms with Gasteiger partial charge in [0.2, 0.25) is 5.71 Å². The van der Waals surface area contributed by atoms with E-state index in [2.05, 4.69) is 5.10 Å². The second-order valence-corrected chi connectivity index (χ2v) is 5.16. The Kier molecular flexibility index (Phi) is 4.07. The smallest absolute Gasteiger partial charge is 0.203 e. The molecule has 0 saturated carbocycles. The first-order valence-electron chi connectivity index (χ1n) is 7.23. The van der Waals surface area contributed by atoms with E-state index in [1.807, 2.05) is 60.7 Å². The topological polar surface area (TPSA) is 65.7 Å². The molecule has 0 radical (unpaired) electrons. The third-order valence-corrected chi connectivity index (χ3v) is 3.77. The number of carbonyl (C=O) groups excluding carboxylic acids is 1. The number of ketones is 1. The van der Waals surface area contributed by atoms with E-state index in [1.165, 1.54) is 0 Å². The lowest BCUT2D eigenvalue weighted by molar-refractivity contribution is -0.113. The molecule has 0 spiro atoms. The van der Waals surface area contributed by atoms with Crippen LogP contribution in [-0.4, -0.2) is 18.6 Å². The van der Waals surface area contributed by atoms with Crippen LogP contribution < -0.4 is 9.75 Å². The maximum atomic E-state index is 12.1. The Bertz CT molecular complexity index is 776. The van der Waals surface area contributed by atoms with Crippen LogP contribution in [0.5, 0.6) is 5.75 Å². The number of methoxy groups -OCH3 is 1. The summed E-state index contributed by atoms with van der Waals surface area (Å²) < 4.78 is 5.17. The highest BCUT2D eigenvalue weighted by Crippen LogP contribution is 2.34. The minimum atomic E-state index is -0.230. The lowest BCUT2D eigenvalue weighted by atomic mass is 9.97. The molecule has 2 aromatic rings. The molecule has 1 heterocycles. The van der Waals surface area contributed by atoms with Gasteiger partial charge in [0.1, 0.15) is 11.8 Å². The molecule has 0 amide bonds. The van der Waals surface area contributed by atoms with Gasteiger partial charge in [-0.15, -0.1) is 0 Å². The van der Waals surface area contributed by atoms with Crippen molar-refractivity contribution in [3.05, 3.63) is 60.2 Å². The monoisotopic (exact) mass is 305 g/mol. The minimum absolute atomic E-state index is 0.0620. The largest absolute Gasteiger partial charge is 0.497 e. The molecule has 3 rings (SSSR count). The van der Waals surface area contributed by atoms with Gasteiger partial charge in [-0.25, -0.2) is 0 Å². The normalized spacial score (nSPS) is 17.4. The predicted octanol–water partition coefficient (Wildman–Crippen LogP) is 3.10. The second-order valence-electron chi connectivity index (χ2n) is 5.16. The average molecular weight is 305 g/mol. The van der Waals surface area contributed by atoms with Crippen LogP contribution in [0.1, 0.15) is 18.0 Å². The zero-order valence-electron chi connectivity index (χ0n) is 12.6. The van der Waals surface area contributed by atoms with E-state index in [0.717, 1.165) is 17.0 Å². The summed E-state index contributed by atoms with van der Waals surface area (Å²) in [4.78, 5) is 12.1. The van der Waals surface area contributed by atoms with Crippen molar-refractivity contribution >= 4 is 17.2 Å². The molecular formula is C18H15N3O2. The molecular weight excluding hydrogens is 290 g/mol. The number of carbonyl (C=O) groups is 1. The number of anilines is 1. The number of ether oxygens (including phenoxy) is 1. The molecule has 23 heavy (non-hydrogen) atoms. The van der Waals surface area contributed by atoms with Gasteiger partial charge in [0.15, 0.2) is 5.78 Å². The molecule has 1 atom stereocenters. The fourth-order valence-electron chi connectivity index (χ4n) is 2.58. The molecule has 2 aromatic carbocycles. The summed E-state index contributed by atoms with van der Waals surface area (Å²) in [6.07, 6.45) is 0.225. The number of benzene rings is 2. The van der Waals surface area contributed by atoms with Gasteiger partial charge in [0.05, 0.1) is 18.8 Å². The molecule has 1 unspecified atom stereocenters. The van der Waals surface area contributed by atoms with Crippen LogP contribution in [0, 0.1) is 11.3 Å². The van der Waals surface area contributed by atoms with Crippen molar-refractivity contribution in [2.75, 3.05) is 12.1 Å². The standard InChI is InChI=1S/C18H15N3O2/c1-23-15-9-7-14(8-10-15)21-17(13-5-3-2-4-6-13)11-18(22)16(12-19)20-21/h2-10,17H,11H2,1H3. The SMILES string of the molecule is COc1ccc(N2N=C(C#N)C(=O)CC2c2ccccc2)cc1. The number of nitriles is 1. The van der Waals surface area contributed by atoms with Gasteiger partial charge < -0.3 is 4.74 Å². The Hall–Kier alpha value is -3.13. The average Bonchev–Trinajstić information content (AvgIpc) is 2.62. The first kappa shape index (κ1) is 14.8. The molecule has 1 aliphatic rings. The van der Waals surface area contributed by atoms with E-state index in [9.17, 15) is 4.79 Å². The Morgan fingerprint density at radius 3 is 2.48 bits per heavy atom. The number of hydrogen-bond donors (Lipinski definition) is 0. The number of hydrazone groups is 1. The van der Waals surface area contributed by atoms with Gasteiger partial charge >= 0.3 is 0 Å². The summed E-state index contributed by atoms with van der Waals surface area (Å²) in [5.74, 6) is 0.508. The number of nitrogens with zero attached hydrogens (tertiary/aromatic N) is 3. The highest BCUT2D eigenvalue weighted by atomic mass is 16.5. The van der Waals surface area contributed by atoms with Gasteiger partial charge in [0, 0.05) is 6.42 Å². The van der Waals surface area contributed by atoms with Crippen molar-refractivity contribution < 1.29 is 9.53 Å². The van der Waals surface area contributed by atoms with E-state index in [0.29, 0.717) is 0 Å². The van der Waals surface area contributed by atoms with Crippen molar-refractivity contribution in [1.29, 1.82) is 5.26 Å². The van der Waals surface area contributed by atoms with E-state index in [1.54, 1.807) is 12.1 Å². The molecule has 0 fully saturated rings. The minimum Gasteiger partial charge on any atom is -0.497 e. The van der Waals surface area contributed by atoms with Crippen molar-refractivity contribution in [1.82, 2.24) is 0 Å². The van der Waals surface area contributed by atoms with Crippen molar-refractivity contribution in [2.45, 2.75) is 12.5 Å². The van der Waals surface area contributed by atoms with E-state index in [-0.39, 0.29) is 24.0 Å². The fraction of sp³-hybridized carbons (Fsp3) is 0.167. The van der Waals surface area contributed by atoms with Crippen LogP contribution in [0.25, 0.3) is 0 Å². The molecule has 0 bridgehead atoms. The maximum Gasteiger partial charge on any atom is 0.203 e. The summed E-state index contributed by atoms with van der Waals surface area (Å²) >= 11 is 0. The summed E-state index contributed by atoms with van der Waals surface area (Å²) in [6, 6.07) is 18.7. The fourth-order valence-corrected chi connectivity index (χ4v) is 2.58. The number of rotatable bonds is 3. The summed E-state index contributed by atoms with van der Waals surface area (Å²) in [5, 5.41) is 15.1. The lowest BCUT2D eigenvalue weighted by Crippen LogP contribution is -2.34. The highest BCUT2D eigenvalue weighted by molar-refractivity contribution is 6.46. The van der Waals surface area contributed by atoms with E-state index in [4.69, 9.17) is 10.00 Å². The van der Waals surface area contributed by atoms with Crippen LogP contribution in [0.15, 0.2) is 59.7 Å². The lowest BCUT2D eigenvalue weighted by Gasteiger charge is -2.32. The zero-order chi connectivity index (χ0) is 16.2. The van der Waals surface area contributed by atoms with Gasteiger partial charge in [-0.2, -0.15) is 10.4 Å². The Morgan fingerprint density at radius 2 is 1.87 bits per heavy atom. The Labute approximate surface area is 134 Å².